The van der Waals surface area contributed by atoms with E-state index in [-0.39, 0.29) is 69.9 Å². The third kappa shape index (κ3) is 32.3. The first kappa shape index (κ1) is 138. The Hall–Kier alpha value is 1.40. The van der Waals surface area contributed by atoms with Crippen LogP contribution in [-0.2, 0) is 110 Å². The van der Waals surface area contributed by atoms with Crippen LogP contribution in [-0.4, -0.2) is 354 Å². The molecule has 22 heterocycles. The van der Waals surface area contributed by atoms with Crippen molar-refractivity contribution < 1.29 is 141 Å². The number of rotatable bonds is 30. The molecule has 12 bridgehead atoms. The summed E-state index contributed by atoms with van der Waals surface area (Å²) in [7, 11) is -36.2. The summed E-state index contributed by atoms with van der Waals surface area (Å²) in [6, 6.07) is 0. The number of aliphatic hydroxyl groups is 6. The quantitative estimate of drug-likeness (QED) is 0.0364. The van der Waals surface area contributed by atoms with E-state index in [9.17, 15) is 30.6 Å². The van der Waals surface area contributed by atoms with E-state index >= 15 is 0 Å². The maximum atomic E-state index is 14.7. The zero-order valence-corrected chi connectivity index (χ0v) is 118. The minimum Gasteiger partial charge on any atom is -0.414 e. The van der Waals surface area contributed by atoms with E-state index in [2.05, 4.69) is 406 Å². The topological polar surface area (TPSA) is 343 Å². The Kier molecular flexibility index (Phi) is 43.9. The van der Waals surface area contributed by atoms with Crippen LogP contribution in [0.2, 0.25) is 218 Å². The van der Waals surface area contributed by atoms with E-state index in [1.54, 1.807) is 0 Å². The molecular weight excluding hydrogens is 2110 g/mol. The predicted octanol–water partition coefficient (Wildman–Crippen LogP) is 23.3. The zero-order valence-electron chi connectivity index (χ0n) is 106. The second kappa shape index (κ2) is 47.7. The first-order valence-corrected chi connectivity index (χ1v) is 91.2. The lowest BCUT2D eigenvalue weighted by Gasteiger charge is -2.55. The first-order valence-electron chi connectivity index (χ1n) is 56.3. The third-order valence-corrected chi connectivity index (χ3v) is 93.2. The smallest absolute Gasteiger partial charge is 0.192 e. The highest BCUT2D eigenvalue weighted by molar-refractivity contribution is 6.78. The van der Waals surface area contributed by atoms with Crippen molar-refractivity contribution in [3.05, 3.63) is 0 Å². The van der Waals surface area contributed by atoms with E-state index in [0.717, 1.165) is 0 Å². The van der Waals surface area contributed by atoms with Gasteiger partial charge >= 0.3 is 0 Å². The highest BCUT2D eigenvalue weighted by atomic mass is 28.4. The summed E-state index contributed by atoms with van der Waals surface area (Å²) in [5.74, 6) is 0. The van der Waals surface area contributed by atoms with E-state index in [1.807, 2.05) is 0 Å². The van der Waals surface area contributed by atoms with Crippen molar-refractivity contribution in [1.29, 1.82) is 0 Å². The van der Waals surface area contributed by atoms with Crippen molar-refractivity contribution in [1.82, 2.24) is 0 Å². The van der Waals surface area contributed by atoms with Gasteiger partial charge in [0.2, 0.25) is 0 Å². The number of hydrogen-bond donors (Lipinski definition) is 6. The van der Waals surface area contributed by atoms with Crippen LogP contribution in [0.25, 0.3) is 0 Å². The van der Waals surface area contributed by atoms with Gasteiger partial charge in [0, 0.05) is 0 Å². The minimum atomic E-state index is -3.19. The molecule has 6 N–H and O–H groups in total. The lowest BCUT2D eigenvalue weighted by molar-refractivity contribution is -0.400. The molecule has 30 nitrogen and oxygen atoms in total. The summed E-state index contributed by atoms with van der Waals surface area (Å²) in [5, 5.41) is 82.5. The van der Waals surface area contributed by atoms with E-state index < -0.39 is 314 Å². The van der Waals surface area contributed by atoms with E-state index in [0.29, 0.717) is 0 Å². The maximum Gasteiger partial charge on any atom is 0.192 e. The molecule has 22 aliphatic heterocycles. The number of ether oxygens (including phenoxy) is 12. The van der Waals surface area contributed by atoms with Crippen molar-refractivity contribution in [3.8, 4) is 0 Å². The normalized spacial score (nSPS) is 34.0. The maximum absolute atomic E-state index is 14.7. The fraction of sp³-hybridized carbons (Fsp3) is 1.00. The Morgan fingerprint density at radius 2 is 0.233 bits per heavy atom. The molecule has 0 aliphatic carbocycles. The van der Waals surface area contributed by atoms with Crippen molar-refractivity contribution in [2.24, 2.45) is 0 Å². The predicted molar refractivity (Wildman–Crippen MR) is 629 cm³/mol. The summed E-state index contributed by atoms with van der Waals surface area (Å²) in [4.78, 5) is 0. The molecule has 30 unspecified atom stereocenters. The Labute approximate surface area is 924 Å². The van der Waals surface area contributed by atoms with Crippen LogP contribution in [0.3, 0.4) is 0 Å². The molecule has 0 aromatic heterocycles. The van der Waals surface area contributed by atoms with Crippen LogP contribution in [0.5, 0.6) is 0 Å². The Bertz CT molecular complexity index is 3560. The molecule has 22 saturated heterocycles. The van der Waals surface area contributed by atoms with Gasteiger partial charge in [-0.2, -0.15) is 0 Å². The van der Waals surface area contributed by atoms with Crippen LogP contribution < -0.4 is 0 Å². The number of aliphatic hydroxyl groups excluding tert-OH is 6. The lowest BCUT2D eigenvalue weighted by Crippen LogP contribution is -2.72. The molecule has 0 aromatic carbocycles. The molecule has 22 rings (SSSR count). The molecule has 0 aromatic rings. The molecule has 0 spiro atoms. The van der Waals surface area contributed by atoms with Crippen LogP contribution in [0, 0.1) is 0 Å². The molecule has 888 valence electrons. The average Bonchev–Trinajstić information content (AvgIpc) is 0.742. The second-order valence-electron chi connectivity index (χ2n) is 63.3. The monoisotopic (exact) mass is 2340 g/mol. The Morgan fingerprint density at radius 3 is 0.313 bits per heavy atom. The molecule has 0 radical (unpaired) electrons. The van der Waals surface area contributed by atoms with Crippen LogP contribution >= 0.6 is 0 Å². The van der Waals surface area contributed by atoms with Crippen LogP contribution in [0.15, 0.2) is 0 Å². The third-order valence-electron chi connectivity index (χ3n) is 39.4. The highest BCUT2D eigenvalue weighted by Crippen LogP contribution is 2.54. The summed E-state index contributed by atoms with van der Waals surface area (Å²) in [6.45, 7) is 127. The van der Waals surface area contributed by atoms with Crippen molar-refractivity contribution in [2.75, 3.05) is 39.6 Å². The fourth-order valence-electron chi connectivity index (χ4n) is 15.7. The SMILES string of the molecule is CC(C)(C)[Si](C)(C)OCC1OC2OC3C(CO[Si](C)(C)C(C)(C)C)OC(OC4C(CO[Si](C)(C)C(C)(C)C)OC(OC5C(CO[Si](C)(C)C(C)(C)C)OC(OC6C(CO[Si](C)(C)C(C)(C)C)OC(OC7C(CO[Si](C)(C)C(C)(C)C)OC(OC1C(O)C2O[Si](C)(C)C(C)(C)C)C(O[Si](C)(C)C(C)(C)C)C7O)C(O[Si](C)(C)C(C)(C)C)C6O)C(O[Si](C)(C)C(C)(C)C)C5O)C(O[Si](C)(C)C(C)(C)C)C4O)C(O[Si](C)(C)C(C)(C)C)C3O. The lowest BCUT2D eigenvalue weighted by atomic mass is 9.94. The molecule has 0 saturated carbocycles. The van der Waals surface area contributed by atoms with Gasteiger partial charge in [-0.25, -0.2) is 0 Å². The molecule has 22 fully saturated rings. The first-order chi connectivity index (χ1) is 66.4. The van der Waals surface area contributed by atoms with Gasteiger partial charge in [-0.1, -0.05) is 249 Å². The van der Waals surface area contributed by atoms with Gasteiger partial charge in [0.05, 0.1) is 39.6 Å². The Morgan fingerprint density at radius 1 is 0.147 bits per heavy atom. The van der Waals surface area contributed by atoms with Gasteiger partial charge in [0.25, 0.3) is 0 Å². The van der Waals surface area contributed by atoms with Gasteiger partial charge in [-0.15, -0.1) is 0 Å². The largest absolute Gasteiger partial charge is 0.414 e. The minimum absolute atomic E-state index is 0.184. The van der Waals surface area contributed by atoms with Gasteiger partial charge in [-0.3, -0.25) is 0 Å². The molecule has 30 atom stereocenters. The summed E-state index contributed by atoms with van der Waals surface area (Å²) in [6.07, 6.45) is -45.1. The van der Waals surface area contributed by atoms with Gasteiger partial charge in [0.1, 0.15) is 146 Å². The van der Waals surface area contributed by atoms with Crippen molar-refractivity contribution >= 4 is 99.8 Å². The van der Waals surface area contributed by atoms with Crippen LogP contribution in [0.1, 0.15) is 249 Å². The second-order valence-corrected chi connectivity index (χ2v) is 121. The average molecular weight is 2340 g/mol. The zero-order chi connectivity index (χ0) is 117. The molecule has 0 amide bonds. The van der Waals surface area contributed by atoms with E-state index in [4.69, 9.17) is 110 Å². The van der Waals surface area contributed by atoms with Crippen molar-refractivity contribution in [3.63, 3.8) is 0 Å². The Balaban J connectivity index is 1.77. The van der Waals surface area contributed by atoms with Gasteiger partial charge in [-0.05, 0) is 218 Å². The summed E-state index contributed by atoms with van der Waals surface area (Å²) >= 11 is 0. The standard InChI is InChI=1S/C108H228O30Si12/c1-97(2,3)139(37,38)115-61-67-79-73(109)85(133-145(49,50)103(19,20)21)91(121-67)128-80-68(62-116-140(39,40)98(4,5)6)123-93(87(74(80)110)135-147(53,54)105(25,26)27)130-82-70(64-118-142(43,44)100(10,11)12)125-95(89(76(82)112)137-149(57,58)107(31,32)33)132-84-72(66-120-144(47,48)102(16,17)18)126-96(90(78(84)114)138-150(59,60)108(34,35)36)131-83-71(65-119-143(45,46)101(13,14)15)124-94(88(77(83)113)136-148(55,56)106(28,29)30)129-81-69(63-117-141(41,42)99(7,8)9)122-92(127-79)86(75(81)111)134-146(51,52)104(22,23)24/h67-96,109-114H,61-66H2,1-60H3. The number of hydrogen-bond acceptors (Lipinski definition) is 30. The summed E-state index contributed by atoms with van der Waals surface area (Å²) in [5.41, 5.74) is 0. The van der Waals surface area contributed by atoms with E-state index in [1.165, 1.54) is 0 Å². The molecule has 42 heteroatoms. The highest BCUT2D eigenvalue weighted by Gasteiger charge is 2.67. The summed E-state index contributed by atoms with van der Waals surface area (Å²) < 4.78 is 185. The molecule has 22 aliphatic rings. The molecular formula is C108H228O30Si12. The van der Waals surface area contributed by atoms with Gasteiger partial charge < -0.3 is 141 Å². The van der Waals surface area contributed by atoms with Crippen molar-refractivity contribution in [2.45, 2.75) is 651 Å². The molecule has 150 heavy (non-hydrogen) atoms. The fourth-order valence-corrected chi connectivity index (χ4v) is 29.5. The van der Waals surface area contributed by atoms with Crippen LogP contribution in [0.4, 0.5) is 0 Å². The van der Waals surface area contributed by atoms with Gasteiger partial charge in [0.15, 0.2) is 138 Å².